The SMILES string of the molecule is C=C/C=C(\C=C(\Cl)COC1CCN(c2ccc(C(F)(F)F)cc2)CC1)C(=O)NC1CCN(Cc2ccccc2)CC1. The van der Waals surface area contributed by atoms with Crippen molar-refractivity contribution in [2.24, 2.45) is 0 Å². The number of hydrogen-bond donors (Lipinski definition) is 1. The molecule has 1 amide bonds. The van der Waals surface area contributed by atoms with Crippen molar-refractivity contribution in [1.82, 2.24) is 10.2 Å². The zero-order valence-corrected chi connectivity index (χ0v) is 23.8. The molecule has 0 radical (unpaired) electrons. The maximum Gasteiger partial charge on any atom is 0.416 e. The summed E-state index contributed by atoms with van der Waals surface area (Å²) in [5.74, 6) is -0.186. The van der Waals surface area contributed by atoms with Crippen LogP contribution in [0.3, 0.4) is 0 Å². The highest BCUT2D eigenvalue weighted by atomic mass is 35.5. The first-order valence-corrected chi connectivity index (χ1v) is 14.4. The number of halogens is 4. The van der Waals surface area contributed by atoms with Crippen LogP contribution in [-0.4, -0.2) is 55.7 Å². The van der Waals surface area contributed by atoms with E-state index in [1.54, 1.807) is 18.2 Å². The van der Waals surface area contributed by atoms with Crippen molar-refractivity contribution in [3.8, 4) is 0 Å². The Balaban J connectivity index is 1.20. The number of alkyl halides is 3. The number of nitrogens with zero attached hydrogens (tertiary/aromatic N) is 2. The molecule has 5 nitrogen and oxygen atoms in total. The molecule has 9 heteroatoms. The Morgan fingerprint density at radius 1 is 1.00 bits per heavy atom. The van der Waals surface area contributed by atoms with Crippen LogP contribution in [0.2, 0.25) is 0 Å². The molecule has 220 valence electrons. The lowest BCUT2D eigenvalue weighted by molar-refractivity contribution is -0.137. The van der Waals surface area contributed by atoms with E-state index in [0.717, 1.165) is 63.1 Å². The molecule has 0 aromatic heterocycles. The molecule has 0 aliphatic carbocycles. The molecule has 2 aromatic rings. The Hall–Kier alpha value is -3.07. The maximum absolute atomic E-state index is 13.0. The summed E-state index contributed by atoms with van der Waals surface area (Å²) in [5, 5.41) is 3.55. The van der Waals surface area contributed by atoms with Crippen molar-refractivity contribution < 1.29 is 22.7 Å². The second-order valence-electron chi connectivity index (χ2n) is 10.5. The van der Waals surface area contributed by atoms with Crippen LogP contribution in [0.5, 0.6) is 0 Å². The van der Waals surface area contributed by atoms with Crippen molar-refractivity contribution >= 4 is 23.2 Å². The lowest BCUT2D eigenvalue weighted by Crippen LogP contribution is -2.44. The second kappa shape index (κ2) is 14.7. The average Bonchev–Trinajstić information content (AvgIpc) is 2.97. The van der Waals surface area contributed by atoms with Crippen molar-refractivity contribution in [3.63, 3.8) is 0 Å². The molecule has 2 fully saturated rings. The fourth-order valence-electron chi connectivity index (χ4n) is 5.21. The molecule has 1 N–H and O–H groups in total. The number of rotatable bonds is 10. The smallest absolute Gasteiger partial charge is 0.372 e. The number of amides is 1. The summed E-state index contributed by atoms with van der Waals surface area (Å²) < 4.78 is 44.5. The van der Waals surface area contributed by atoms with E-state index in [9.17, 15) is 18.0 Å². The number of benzene rings is 2. The molecule has 0 atom stereocenters. The van der Waals surface area contributed by atoms with Crippen LogP contribution < -0.4 is 10.2 Å². The topological polar surface area (TPSA) is 44.8 Å². The highest BCUT2D eigenvalue weighted by Crippen LogP contribution is 2.31. The lowest BCUT2D eigenvalue weighted by atomic mass is 10.0. The number of allylic oxidation sites excluding steroid dienone is 2. The summed E-state index contributed by atoms with van der Waals surface area (Å²) in [4.78, 5) is 17.5. The van der Waals surface area contributed by atoms with Gasteiger partial charge in [-0.05, 0) is 61.6 Å². The molecule has 0 unspecified atom stereocenters. The van der Waals surface area contributed by atoms with Crippen molar-refractivity contribution in [2.75, 3.05) is 37.7 Å². The van der Waals surface area contributed by atoms with Gasteiger partial charge < -0.3 is 15.0 Å². The van der Waals surface area contributed by atoms with Gasteiger partial charge in [-0.1, -0.05) is 60.7 Å². The van der Waals surface area contributed by atoms with Crippen molar-refractivity contribution in [3.05, 3.63) is 101 Å². The molecule has 2 saturated heterocycles. The summed E-state index contributed by atoms with van der Waals surface area (Å²) in [7, 11) is 0. The quantitative estimate of drug-likeness (QED) is 0.248. The van der Waals surface area contributed by atoms with Crippen LogP contribution in [0.1, 0.15) is 36.8 Å². The number of nitrogens with one attached hydrogen (secondary N) is 1. The largest absolute Gasteiger partial charge is 0.416 e. The van der Waals surface area contributed by atoms with Gasteiger partial charge in [-0.25, -0.2) is 0 Å². The highest BCUT2D eigenvalue weighted by molar-refractivity contribution is 6.30. The minimum Gasteiger partial charge on any atom is -0.372 e. The summed E-state index contributed by atoms with van der Waals surface area (Å²) in [6.07, 6.45) is 3.69. The van der Waals surface area contributed by atoms with Gasteiger partial charge in [0.1, 0.15) is 0 Å². The number of ether oxygens (including phenoxy) is 1. The Bertz CT molecular complexity index is 1200. The molecule has 41 heavy (non-hydrogen) atoms. The number of carbonyl (C=O) groups excluding carboxylic acids is 1. The maximum atomic E-state index is 13.0. The van der Waals surface area contributed by atoms with E-state index in [1.165, 1.54) is 17.7 Å². The van der Waals surface area contributed by atoms with Gasteiger partial charge in [0.2, 0.25) is 0 Å². The van der Waals surface area contributed by atoms with Crippen LogP contribution >= 0.6 is 11.6 Å². The van der Waals surface area contributed by atoms with E-state index in [2.05, 4.69) is 46.0 Å². The second-order valence-corrected chi connectivity index (χ2v) is 11.0. The molecule has 2 heterocycles. The van der Waals surface area contributed by atoms with Gasteiger partial charge in [-0.2, -0.15) is 13.2 Å². The number of piperidine rings is 2. The first kappa shape index (κ1) is 30.9. The predicted octanol–water partition coefficient (Wildman–Crippen LogP) is 6.71. The number of likely N-dealkylation sites (tertiary alicyclic amines) is 1. The molecule has 0 saturated carbocycles. The Morgan fingerprint density at radius 2 is 1.66 bits per heavy atom. The van der Waals surface area contributed by atoms with E-state index in [4.69, 9.17) is 16.3 Å². The molecular formula is C32H37ClF3N3O2. The monoisotopic (exact) mass is 587 g/mol. The number of carbonyl (C=O) groups is 1. The third kappa shape index (κ3) is 9.48. The van der Waals surface area contributed by atoms with E-state index in [1.807, 2.05) is 6.07 Å². The summed E-state index contributed by atoms with van der Waals surface area (Å²) in [5.41, 5.74) is 1.83. The molecule has 4 rings (SSSR count). The van der Waals surface area contributed by atoms with Crippen LogP contribution in [0.25, 0.3) is 0 Å². The minimum atomic E-state index is -4.34. The van der Waals surface area contributed by atoms with E-state index < -0.39 is 11.7 Å². The number of hydrogen-bond acceptors (Lipinski definition) is 4. The Labute approximate surface area is 245 Å². The Morgan fingerprint density at radius 3 is 2.27 bits per heavy atom. The van der Waals surface area contributed by atoms with Crippen molar-refractivity contribution in [2.45, 2.75) is 50.6 Å². The van der Waals surface area contributed by atoms with Crippen LogP contribution in [0, 0.1) is 0 Å². The first-order chi connectivity index (χ1) is 19.7. The zero-order valence-electron chi connectivity index (χ0n) is 23.1. The summed E-state index contributed by atoms with van der Waals surface area (Å²) in [6.45, 7) is 8.00. The Kier molecular flexibility index (Phi) is 11.1. The molecule has 0 bridgehead atoms. The van der Waals surface area contributed by atoms with Crippen LogP contribution in [0.4, 0.5) is 18.9 Å². The standard InChI is InChI=1S/C32H37ClF3N3O2/c1-2-6-25(31(40)37-28-13-17-38(18-14-28)22-24-7-4-3-5-8-24)21-27(33)23-41-30-15-19-39(20-16-30)29-11-9-26(10-12-29)32(34,35)36/h2-12,21,28,30H,1,13-20,22-23H2,(H,37,40)/b25-6+,27-21+. The molecular weight excluding hydrogens is 551 g/mol. The van der Waals surface area contributed by atoms with Gasteiger partial charge in [0.25, 0.3) is 5.91 Å². The van der Waals surface area contributed by atoms with E-state index in [-0.39, 0.29) is 24.7 Å². The normalized spacial score (nSPS) is 18.4. The van der Waals surface area contributed by atoms with Gasteiger partial charge in [-0.15, -0.1) is 0 Å². The summed E-state index contributed by atoms with van der Waals surface area (Å²) >= 11 is 6.46. The van der Waals surface area contributed by atoms with E-state index in [0.29, 0.717) is 23.7 Å². The predicted molar refractivity (Wildman–Crippen MR) is 158 cm³/mol. The lowest BCUT2D eigenvalue weighted by Gasteiger charge is -2.33. The van der Waals surface area contributed by atoms with Gasteiger partial charge >= 0.3 is 6.18 Å². The zero-order chi connectivity index (χ0) is 29.2. The average molecular weight is 588 g/mol. The molecule has 2 aliphatic heterocycles. The fraction of sp³-hybridized carbons (Fsp3) is 0.406. The highest BCUT2D eigenvalue weighted by Gasteiger charge is 2.30. The summed E-state index contributed by atoms with van der Waals surface area (Å²) in [6, 6.07) is 15.7. The van der Waals surface area contributed by atoms with Gasteiger partial charge in [0, 0.05) is 55.1 Å². The number of anilines is 1. The fourth-order valence-corrected chi connectivity index (χ4v) is 5.39. The van der Waals surface area contributed by atoms with Crippen LogP contribution in [-0.2, 0) is 22.3 Å². The van der Waals surface area contributed by atoms with Gasteiger partial charge in [0.15, 0.2) is 0 Å². The van der Waals surface area contributed by atoms with E-state index >= 15 is 0 Å². The van der Waals surface area contributed by atoms with Crippen molar-refractivity contribution in [1.29, 1.82) is 0 Å². The third-order valence-electron chi connectivity index (χ3n) is 7.50. The molecule has 2 aromatic carbocycles. The third-order valence-corrected chi connectivity index (χ3v) is 7.72. The molecule has 0 spiro atoms. The van der Waals surface area contributed by atoms with Crippen LogP contribution in [0.15, 0.2) is 90.0 Å². The minimum absolute atomic E-state index is 0.0235. The van der Waals surface area contributed by atoms with Gasteiger partial charge in [0.05, 0.1) is 18.3 Å². The van der Waals surface area contributed by atoms with Gasteiger partial charge in [-0.3, -0.25) is 9.69 Å². The first-order valence-electron chi connectivity index (χ1n) is 14.0. The molecule has 2 aliphatic rings.